The Kier molecular flexibility index (Phi) is 6.75. The van der Waals surface area contributed by atoms with Crippen molar-refractivity contribution in [2.75, 3.05) is 13.2 Å². The van der Waals surface area contributed by atoms with E-state index in [1.165, 1.54) is 0 Å². The Morgan fingerprint density at radius 3 is 2.67 bits per heavy atom. The fourth-order valence-electron chi connectivity index (χ4n) is 1.62. The van der Waals surface area contributed by atoms with Gasteiger partial charge in [-0.15, -0.1) is 0 Å². The molecule has 0 bridgehead atoms. The summed E-state index contributed by atoms with van der Waals surface area (Å²) < 4.78 is 11.2. The average Bonchev–Trinajstić information content (AvgIpc) is 2.43. The molecule has 3 N–H and O–H groups in total. The molecule has 1 aromatic carbocycles. The number of amides is 1. The van der Waals surface area contributed by atoms with Gasteiger partial charge in [0.05, 0.1) is 12.6 Å². The molecule has 0 saturated carbocycles. The molecule has 0 aromatic heterocycles. The van der Waals surface area contributed by atoms with Crippen LogP contribution in [0.5, 0.6) is 11.5 Å². The van der Waals surface area contributed by atoms with Gasteiger partial charge in [0.2, 0.25) is 5.91 Å². The molecule has 116 valence electrons. The number of hydrogen-bond donors (Lipinski definition) is 2. The van der Waals surface area contributed by atoms with E-state index in [4.69, 9.17) is 15.2 Å². The van der Waals surface area contributed by atoms with Crippen LogP contribution in [0.4, 0.5) is 0 Å². The van der Waals surface area contributed by atoms with Crippen LogP contribution in [0, 0.1) is 0 Å². The number of nitrogens with one attached hydrogen (secondary N) is 1. The van der Waals surface area contributed by atoms with Gasteiger partial charge in [0, 0.05) is 6.54 Å². The highest BCUT2D eigenvalue weighted by atomic mass is 16.5. The molecule has 0 aliphatic rings. The molecule has 0 heterocycles. The van der Waals surface area contributed by atoms with Crippen molar-refractivity contribution in [3.63, 3.8) is 0 Å². The zero-order valence-electron chi connectivity index (χ0n) is 12.9. The summed E-state index contributed by atoms with van der Waals surface area (Å²) in [4.78, 5) is 11.0. The minimum atomic E-state index is -0.375. The second-order valence-electron chi connectivity index (χ2n) is 4.96. The molecule has 5 nitrogen and oxygen atoms in total. The molecule has 0 fully saturated rings. The standard InChI is InChI=1S/C16H24N2O3/c1-5-20-15-8-13(9-18-12(4)16(17)19)6-7-14(15)21-10-11(2)3/h6-8,12,18H,2,5,9-10H2,1,3-4H3,(H2,17,19)/t12-/m0/s1. The van der Waals surface area contributed by atoms with Gasteiger partial charge in [-0.2, -0.15) is 0 Å². The van der Waals surface area contributed by atoms with Crippen LogP contribution in [-0.2, 0) is 11.3 Å². The highest BCUT2D eigenvalue weighted by Gasteiger charge is 2.10. The predicted molar refractivity (Wildman–Crippen MR) is 83.4 cm³/mol. The van der Waals surface area contributed by atoms with E-state index in [2.05, 4.69) is 11.9 Å². The summed E-state index contributed by atoms with van der Waals surface area (Å²) in [5, 5.41) is 3.05. The summed E-state index contributed by atoms with van der Waals surface area (Å²) in [6.45, 7) is 10.9. The first-order valence-electron chi connectivity index (χ1n) is 6.99. The molecule has 0 aliphatic heterocycles. The third-order valence-corrected chi connectivity index (χ3v) is 2.82. The van der Waals surface area contributed by atoms with Gasteiger partial charge in [0.15, 0.2) is 11.5 Å². The van der Waals surface area contributed by atoms with Crippen LogP contribution in [-0.4, -0.2) is 25.2 Å². The Morgan fingerprint density at radius 1 is 1.38 bits per heavy atom. The van der Waals surface area contributed by atoms with Crippen LogP contribution in [0.25, 0.3) is 0 Å². The SMILES string of the molecule is C=C(C)COc1ccc(CN[C@@H](C)C(N)=O)cc1OCC. The molecule has 1 atom stereocenters. The number of ether oxygens (including phenoxy) is 2. The van der Waals surface area contributed by atoms with Crippen molar-refractivity contribution in [1.82, 2.24) is 5.32 Å². The summed E-state index contributed by atoms with van der Waals surface area (Å²) >= 11 is 0. The number of nitrogens with two attached hydrogens (primary N) is 1. The summed E-state index contributed by atoms with van der Waals surface area (Å²) in [7, 11) is 0. The highest BCUT2D eigenvalue weighted by molar-refractivity contribution is 5.79. The normalized spacial score (nSPS) is 11.8. The maximum Gasteiger partial charge on any atom is 0.234 e. The number of carbonyl (C=O) groups excluding carboxylic acids is 1. The first-order chi connectivity index (χ1) is 9.93. The van der Waals surface area contributed by atoms with E-state index < -0.39 is 0 Å². The Balaban J connectivity index is 2.77. The van der Waals surface area contributed by atoms with E-state index in [0.717, 1.165) is 11.1 Å². The van der Waals surface area contributed by atoms with E-state index in [-0.39, 0.29) is 11.9 Å². The van der Waals surface area contributed by atoms with E-state index in [0.29, 0.717) is 31.3 Å². The average molecular weight is 292 g/mol. The maximum atomic E-state index is 11.0. The van der Waals surface area contributed by atoms with Crippen molar-refractivity contribution >= 4 is 5.91 Å². The molecule has 0 unspecified atom stereocenters. The molecule has 1 aromatic rings. The van der Waals surface area contributed by atoms with E-state index in [1.807, 2.05) is 32.0 Å². The van der Waals surface area contributed by atoms with Crippen molar-refractivity contribution in [1.29, 1.82) is 0 Å². The smallest absolute Gasteiger partial charge is 0.234 e. The van der Waals surface area contributed by atoms with Gasteiger partial charge >= 0.3 is 0 Å². The summed E-state index contributed by atoms with van der Waals surface area (Å²) in [5.41, 5.74) is 7.15. The lowest BCUT2D eigenvalue weighted by Crippen LogP contribution is -2.38. The molecule has 0 aliphatic carbocycles. The molecule has 5 heteroatoms. The van der Waals surface area contributed by atoms with Gasteiger partial charge in [0.1, 0.15) is 6.61 Å². The van der Waals surface area contributed by atoms with Crippen LogP contribution in [0.3, 0.4) is 0 Å². The van der Waals surface area contributed by atoms with Gasteiger partial charge in [-0.1, -0.05) is 12.6 Å². The molecule has 0 spiro atoms. The van der Waals surface area contributed by atoms with Gasteiger partial charge in [-0.3, -0.25) is 4.79 Å². The molecule has 21 heavy (non-hydrogen) atoms. The van der Waals surface area contributed by atoms with Gasteiger partial charge in [-0.05, 0) is 44.0 Å². The Morgan fingerprint density at radius 2 is 2.10 bits per heavy atom. The van der Waals surface area contributed by atoms with E-state index >= 15 is 0 Å². The number of benzene rings is 1. The van der Waals surface area contributed by atoms with Gasteiger partial charge in [-0.25, -0.2) is 0 Å². The summed E-state index contributed by atoms with van der Waals surface area (Å²) in [6, 6.07) is 5.31. The zero-order chi connectivity index (χ0) is 15.8. The van der Waals surface area contributed by atoms with Gasteiger partial charge < -0.3 is 20.5 Å². The molecular formula is C16H24N2O3. The maximum absolute atomic E-state index is 11.0. The van der Waals surface area contributed by atoms with Crippen molar-refractivity contribution in [2.45, 2.75) is 33.4 Å². The van der Waals surface area contributed by atoms with Crippen molar-refractivity contribution in [3.05, 3.63) is 35.9 Å². The number of carbonyl (C=O) groups is 1. The number of primary amides is 1. The largest absolute Gasteiger partial charge is 0.490 e. The zero-order valence-corrected chi connectivity index (χ0v) is 12.9. The fourth-order valence-corrected chi connectivity index (χ4v) is 1.62. The fraction of sp³-hybridized carbons (Fsp3) is 0.438. The van der Waals surface area contributed by atoms with Crippen LogP contribution in [0.15, 0.2) is 30.4 Å². The second-order valence-corrected chi connectivity index (χ2v) is 4.96. The third-order valence-electron chi connectivity index (χ3n) is 2.82. The molecule has 0 radical (unpaired) electrons. The number of rotatable bonds is 9. The lowest BCUT2D eigenvalue weighted by atomic mass is 10.2. The van der Waals surface area contributed by atoms with Crippen LogP contribution < -0.4 is 20.5 Å². The lowest BCUT2D eigenvalue weighted by Gasteiger charge is -2.15. The molecular weight excluding hydrogens is 268 g/mol. The third kappa shape index (κ3) is 5.87. The quantitative estimate of drug-likeness (QED) is 0.683. The van der Waals surface area contributed by atoms with Crippen molar-refractivity contribution in [3.8, 4) is 11.5 Å². The second kappa shape index (κ2) is 8.32. The summed E-state index contributed by atoms with van der Waals surface area (Å²) in [6.07, 6.45) is 0. The first kappa shape index (κ1) is 17.0. The first-order valence-corrected chi connectivity index (χ1v) is 6.99. The van der Waals surface area contributed by atoms with Crippen molar-refractivity contribution < 1.29 is 14.3 Å². The molecule has 1 rings (SSSR count). The van der Waals surface area contributed by atoms with E-state index in [9.17, 15) is 4.79 Å². The minimum absolute atomic E-state index is 0.374. The summed E-state index contributed by atoms with van der Waals surface area (Å²) in [5.74, 6) is 0.998. The van der Waals surface area contributed by atoms with Crippen LogP contribution >= 0.6 is 0 Å². The molecule has 1 amide bonds. The monoisotopic (exact) mass is 292 g/mol. The predicted octanol–water partition coefficient (Wildman–Crippen LogP) is 2.00. The lowest BCUT2D eigenvalue weighted by molar-refractivity contribution is -0.119. The Hall–Kier alpha value is -2.01. The number of hydrogen-bond acceptors (Lipinski definition) is 4. The minimum Gasteiger partial charge on any atom is -0.490 e. The van der Waals surface area contributed by atoms with Crippen LogP contribution in [0.1, 0.15) is 26.3 Å². The topological polar surface area (TPSA) is 73.6 Å². The van der Waals surface area contributed by atoms with Crippen molar-refractivity contribution in [2.24, 2.45) is 5.73 Å². The van der Waals surface area contributed by atoms with Crippen LogP contribution in [0.2, 0.25) is 0 Å². The Bertz CT molecular complexity index is 500. The highest BCUT2D eigenvalue weighted by Crippen LogP contribution is 2.28. The van der Waals surface area contributed by atoms with Gasteiger partial charge in [0.25, 0.3) is 0 Å². The molecule has 0 saturated heterocycles. The Labute approximate surface area is 126 Å². The van der Waals surface area contributed by atoms with E-state index in [1.54, 1.807) is 6.92 Å².